The van der Waals surface area contributed by atoms with Gasteiger partial charge in [0.15, 0.2) is 11.6 Å². The molecule has 4 nitrogen and oxygen atoms in total. The van der Waals surface area contributed by atoms with Gasteiger partial charge in [-0.25, -0.2) is 4.39 Å². The third-order valence-corrected chi connectivity index (χ3v) is 3.46. The van der Waals surface area contributed by atoms with Crippen LogP contribution in [0.15, 0.2) is 18.2 Å². The van der Waals surface area contributed by atoms with Crippen LogP contribution in [0.5, 0.6) is 5.75 Å². The number of hydrogen-bond acceptors (Lipinski definition) is 4. The average Bonchev–Trinajstić information content (AvgIpc) is 2.51. The number of carbonyl (C=O) groups is 2. The summed E-state index contributed by atoms with van der Waals surface area (Å²) in [5, 5.41) is 0.0323. The van der Waals surface area contributed by atoms with E-state index >= 15 is 0 Å². The Kier molecular flexibility index (Phi) is 9.29. The Hall–Kier alpha value is -1.62. The molecule has 6 heteroatoms. The second kappa shape index (κ2) is 11.0. The SMILES string of the molecule is CCCCCCOC(=O)CCCC(=O)Oc1c(F)cccc1Cl. The molecule has 0 aliphatic heterocycles. The average molecular weight is 345 g/mol. The van der Waals surface area contributed by atoms with Crippen LogP contribution in [0.2, 0.25) is 5.02 Å². The van der Waals surface area contributed by atoms with Crippen LogP contribution >= 0.6 is 11.6 Å². The van der Waals surface area contributed by atoms with Gasteiger partial charge in [0.05, 0.1) is 11.6 Å². The molecule has 0 spiro atoms. The monoisotopic (exact) mass is 344 g/mol. The van der Waals surface area contributed by atoms with Crippen molar-refractivity contribution in [1.82, 2.24) is 0 Å². The lowest BCUT2D eigenvalue weighted by Crippen LogP contribution is -2.11. The van der Waals surface area contributed by atoms with Crippen LogP contribution in [-0.2, 0) is 14.3 Å². The van der Waals surface area contributed by atoms with E-state index in [1.807, 2.05) is 0 Å². The summed E-state index contributed by atoms with van der Waals surface area (Å²) in [6.07, 6.45) is 4.57. The maximum absolute atomic E-state index is 13.5. The molecular weight excluding hydrogens is 323 g/mol. The summed E-state index contributed by atoms with van der Waals surface area (Å²) in [6.45, 7) is 2.52. The summed E-state index contributed by atoms with van der Waals surface area (Å²) >= 11 is 5.76. The molecule has 0 radical (unpaired) electrons. The van der Waals surface area contributed by atoms with Gasteiger partial charge in [-0.3, -0.25) is 9.59 Å². The molecule has 0 N–H and O–H groups in total. The second-order valence-electron chi connectivity index (χ2n) is 5.16. The zero-order valence-corrected chi connectivity index (χ0v) is 14.0. The Labute approximate surface area is 140 Å². The van der Waals surface area contributed by atoms with Gasteiger partial charge < -0.3 is 9.47 Å². The molecule has 0 aliphatic rings. The lowest BCUT2D eigenvalue weighted by molar-refractivity contribution is -0.144. The minimum atomic E-state index is -0.697. The van der Waals surface area contributed by atoms with Crippen LogP contribution in [-0.4, -0.2) is 18.5 Å². The summed E-state index contributed by atoms with van der Waals surface area (Å²) < 4.78 is 23.4. The van der Waals surface area contributed by atoms with Crippen molar-refractivity contribution >= 4 is 23.5 Å². The molecule has 0 aliphatic carbocycles. The first-order chi connectivity index (χ1) is 11.0. The molecule has 1 aromatic rings. The van der Waals surface area contributed by atoms with E-state index in [4.69, 9.17) is 21.1 Å². The summed E-state index contributed by atoms with van der Waals surface area (Å²) in [7, 11) is 0. The Morgan fingerprint density at radius 1 is 1.09 bits per heavy atom. The molecule has 0 unspecified atom stereocenters. The van der Waals surface area contributed by atoms with Crippen molar-refractivity contribution in [2.45, 2.75) is 51.9 Å². The van der Waals surface area contributed by atoms with Gasteiger partial charge in [0.25, 0.3) is 0 Å². The fraction of sp³-hybridized carbons (Fsp3) is 0.529. The number of halogens is 2. The van der Waals surface area contributed by atoms with Crippen molar-refractivity contribution in [1.29, 1.82) is 0 Å². The zero-order valence-electron chi connectivity index (χ0n) is 13.3. The summed E-state index contributed by atoms with van der Waals surface area (Å²) in [5.41, 5.74) is 0. The summed E-state index contributed by atoms with van der Waals surface area (Å²) in [4.78, 5) is 23.1. The summed E-state index contributed by atoms with van der Waals surface area (Å²) in [5.74, 6) is -1.94. The smallest absolute Gasteiger partial charge is 0.311 e. The van der Waals surface area contributed by atoms with Gasteiger partial charge in [-0.2, -0.15) is 0 Å². The maximum Gasteiger partial charge on any atom is 0.311 e. The van der Waals surface area contributed by atoms with Gasteiger partial charge in [0.1, 0.15) is 0 Å². The molecule has 0 saturated heterocycles. The first kappa shape index (κ1) is 19.4. The molecule has 128 valence electrons. The zero-order chi connectivity index (χ0) is 17.1. The second-order valence-corrected chi connectivity index (χ2v) is 5.57. The van der Waals surface area contributed by atoms with Gasteiger partial charge in [0, 0.05) is 12.8 Å². The van der Waals surface area contributed by atoms with Crippen molar-refractivity contribution in [3.63, 3.8) is 0 Å². The first-order valence-corrected chi connectivity index (χ1v) is 8.22. The van der Waals surface area contributed by atoms with E-state index in [9.17, 15) is 14.0 Å². The highest BCUT2D eigenvalue weighted by Gasteiger charge is 2.13. The largest absolute Gasteiger partial charge is 0.466 e. The number of carbonyl (C=O) groups excluding carboxylic acids is 2. The number of unbranched alkanes of at least 4 members (excludes halogenated alkanes) is 3. The van der Waals surface area contributed by atoms with Crippen LogP contribution < -0.4 is 4.74 Å². The minimum Gasteiger partial charge on any atom is -0.466 e. The van der Waals surface area contributed by atoms with E-state index in [2.05, 4.69) is 6.92 Å². The Bertz CT molecular complexity index is 499. The quantitative estimate of drug-likeness (QED) is 0.351. The Balaban J connectivity index is 2.20. The van der Waals surface area contributed by atoms with E-state index < -0.39 is 11.8 Å². The van der Waals surface area contributed by atoms with Crippen molar-refractivity contribution in [3.05, 3.63) is 29.0 Å². The van der Waals surface area contributed by atoms with Crippen molar-refractivity contribution in [2.75, 3.05) is 6.61 Å². The highest BCUT2D eigenvalue weighted by Crippen LogP contribution is 2.27. The number of para-hydroxylation sites is 1. The lowest BCUT2D eigenvalue weighted by Gasteiger charge is -2.07. The first-order valence-electron chi connectivity index (χ1n) is 7.85. The molecule has 23 heavy (non-hydrogen) atoms. The molecule has 0 bridgehead atoms. The normalized spacial score (nSPS) is 10.4. The van der Waals surface area contributed by atoms with Gasteiger partial charge >= 0.3 is 11.9 Å². The van der Waals surface area contributed by atoms with Gasteiger partial charge in [-0.05, 0) is 25.0 Å². The predicted molar refractivity (Wildman–Crippen MR) is 86.0 cm³/mol. The third-order valence-electron chi connectivity index (χ3n) is 3.16. The van der Waals surface area contributed by atoms with E-state index in [1.54, 1.807) is 0 Å². The van der Waals surface area contributed by atoms with Crippen molar-refractivity contribution in [3.8, 4) is 5.75 Å². The number of ether oxygens (including phenoxy) is 2. The Morgan fingerprint density at radius 2 is 1.83 bits per heavy atom. The predicted octanol–water partition coefficient (Wildman–Crippen LogP) is 4.68. The highest BCUT2D eigenvalue weighted by atomic mass is 35.5. The molecule has 0 saturated carbocycles. The standard InChI is InChI=1S/C17H22ClFO4/c1-2-3-4-5-12-22-15(20)10-7-11-16(21)23-17-13(18)8-6-9-14(17)19/h6,8-9H,2-5,7,10-12H2,1H3. The van der Waals surface area contributed by atoms with E-state index in [-0.39, 0.29) is 29.6 Å². The molecule has 0 amide bonds. The van der Waals surface area contributed by atoms with Crippen LogP contribution in [0.4, 0.5) is 4.39 Å². The van der Waals surface area contributed by atoms with E-state index in [0.717, 1.165) is 31.7 Å². The van der Waals surface area contributed by atoms with E-state index in [1.165, 1.54) is 12.1 Å². The van der Waals surface area contributed by atoms with Crippen LogP contribution in [0.3, 0.4) is 0 Å². The molecule has 1 aromatic carbocycles. The Morgan fingerprint density at radius 3 is 2.52 bits per heavy atom. The molecule has 0 heterocycles. The maximum atomic E-state index is 13.5. The van der Waals surface area contributed by atoms with Gasteiger partial charge in [-0.1, -0.05) is 43.9 Å². The van der Waals surface area contributed by atoms with E-state index in [0.29, 0.717) is 13.0 Å². The fourth-order valence-corrected chi connectivity index (χ4v) is 2.11. The fourth-order valence-electron chi connectivity index (χ4n) is 1.91. The number of rotatable bonds is 10. The molecule has 0 fully saturated rings. The van der Waals surface area contributed by atoms with Crippen LogP contribution in [0.25, 0.3) is 0 Å². The lowest BCUT2D eigenvalue weighted by atomic mass is 10.2. The number of hydrogen-bond donors (Lipinski definition) is 0. The van der Waals surface area contributed by atoms with Gasteiger partial charge in [0.2, 0.25) is 0 Å². The van der Waals surface area contributed by atoms with Crippen molar-refractivity contribution in [2.24, 2.45) is 0 Å². The molecule has 1 rings (SSSR count). The number of benzene rings is 1. The third kappa shape index (κ3) is 7.98. The minimum absolute atomic E-state index is 0.00437. The van der Waals surface area contributed by atoms with Crippen LogP contribution in [0.1, 0.15) is 51.9 Å². The van der Waals surface area contributed by atoms with Gasteiger partial charge in [-0.15, -0.1) is 0 Å². The topological polar surface area (TPSA) is 52.6 Å². The highest BCUT2D eigenvalue weighted by molar-refractivity contribution is 6.32. The molecular formula is C17H22ClFO4. The molecule has 0 atom stereocenters. The van der Waals surface area contributed by atoms with Crippen LogP contribution in [0, 0.1) is 5.82 Å². The molecule has 0 aromatic heterocycles. The van der Waals surface area contributed by atoms with Crippen molar-refractivity contribution < 1.29 is 23.5 Å². The summed E-state index contributed by atoms with van der Waals surface area (Å²) in [6, 6.07) is 4.01. The number of esters is 2.